The highest BCUT2D eigenvalue weighted by Crippen LogP contribution is 2.15. The Balaban J connectivity index is 2.41. The van der Waals surface area contributed by atoms with Crippen LogP contribution >= 0.6 is 0 Å². The van der Waals surface area contributed by atoms with Crippen molar-refractivity contribution in [2.24, 2.45) is 0 Å². The fourth-order valence-corrected chi connectivity index (χ4v) is 1.20. The van der Waals surface area contributed by atoms with Gasteiger partial charge in [0.1, 0.15) is 0 Å². The van der Waals surface area contributed by atoms with Crippen molar-refractivity contribution in [1.82, 2.24) is 15.2 Å². The molecular formula is C10H9N3O3. The van der Waals surface area contributed by atoms with Gasteiger partial charge in [0, 0.05) is 0 Å². The highest BCUT2D eigenvalue weighted by Gasteiger charge is 2.15. The third-order valence-electron chi connectivity index (χ3n) is 1.98. The molecule has 0 aromatic carbocycles. The third-order valence-corrected chi connectivity index (χ3v) is 1.98. The molecule has 0 aliphatic heterocycles. The number of methoxy groups -OCH3 is 1. The van der Waals surface area contributed by atoms with Crippen LogP contribution in [0.5, 0.6) is 0 Å². The van der Waals surface area contributed by atoms with Gasteiger partial charge in [-0.15, -0.1) is 10.2 Å². The zero-order chi connectivity index (χ0) is 11.5. The number of hydrogen-bond donors (Lipinski definition) is 0. The maximum absolute atomic E-state index is 11.2. The van der Waals surface area contributed by atoms with Crippen LogP contribution in [-0.4, -0.2) is 28.3 Å². The van der Waals surface area contributed by atoms with E-state index >= 15 is 0 Å². The van der Waals surface area contributed by atoms with Gasteiger partial charge in [0.15, 0.2) is 11.5 Å². The number of ether oxygens (including phenoxy) is 1. The Morgan fingerprint density at radius 3 is 2.81 bits per heavy atom. The molecule has 82 valence electrons. The quantitative estimate of drug-likeness (QED) is 0.707. The van der Waals surface area contributed by atoms with Crippen LogP contribution in [0.25, 0.3) is 11.6 Å². The molecule has 16 heavy (non-hydrogen) atoms. The second kappa shape index (κ2) is 4.09. The summed E-state index contributed by atoms with van der Waals surface area (Å²) in [6.45, 7) is 1.66. The zero-order valence-corrected chi connectivity index (χ0v) is 8.80. The van der Waals surface area contributed by atoms with E-state index in [0.29, 0.717) is 17.3 Å². The Hall–Kier alpha value is -2.24. The number of rotatable bonds is 2. The van der Waals surface area contributed by atoms with Crippen molar-refractivity contribution in [2.75, 3.05) is 7.11 Å². The van der Waals surface area contributed by atoms with Crippen molar-refractivity contribution >= 4 is 5.97 Å². The summed E-state index contributed by atoms with van der Waals surface area (Å²) in [6, 6.07) is 3.44. The van der Waals surface area contributed by atoms with Crippen molar-refractivity contribution < 1.29 is 13.9 Å². The topological polar surface area (TPSA) is 78.1 Å². The Morgan fingerprint density at radius 2 is 2.25 bits per heavy atom. The predicted molar refractivity (Wildman–Crippen MR) is 53.6 cm³/mol. The molecule has 0 saturated heterocycles. The first-order chi connectivity index (χ1) is 7.72. The van der Waals surface area contributed by atoms with E-state index in [9.17, 15) is 4.79 Å². The number of carbonyl (C=O) groups is 1. The molecule has 0 amide bonds. The fourth-order valence-electron chi connectivity index (χ4n) is 1.20. The Morgan fingerprint density at radius 1 is 1.44 bits per heavy atom. The standard InChI is InChI=1S/C10H9N3O3/c1-6-8(10(14)15-2)12-13-9(11-6)7-4-3-5-16-7/h3-5H,1-2H3. The molecule has 6 heteroatoms. The molecular weight excluding hydrogens is 210 g/mol. The molecule has 0 N–H and O–H groups in total. The largest absolute Gasteiger partial charge is 0.464 e. The van der Waals surface area contributed by atoms with E-state index in [0.717, 1.165) is 0 Å². The number of nitrogens with zero attached hydrogens (tertiary/aromatic N) is 3. The van der Waals surface area contributed by atoms with Crippen molar-refractivity contribution in [3.05, 3.63) is 29.8 Å². The monoisotopic (exact) mass is 219 g/mol. The van der Waals surface area contributed by atoms with E-state index in [1.54, 1.807) is 19.1 Å². The number of aryl methyl sites for hydroxylation is 1. The van der Waals surface area contributed by atoms with Gasteiger partial charge in [-0.2, -0.15) is 0 Å². The Labute approximate surface area is 91.3 Å². The summed E-state index contributed by atoms with van der Waals surface area (Å²) in [5.74, 6) is 0.297. The summed E-state index contributed by atoms with van der Waals surface area (Å²) in [5.41, 5.74) is 0.561. The van der Waals surface area contributed by atoms with Crippen LogP contribution in [0.3, 0.4) is 0 Å². The molecule has 2 heterocycles. The van der Waals surface area contributed by atoms with E-state index in [1.165, 1.54) is 13.4 Å². The van der Waals surface area contributed by atoms with Gasteiger partial charge < -0.3 is 9.15 Å². The summed E-state index contributed by atoms with van der Waals surface area (Å²) in [5, 5.41) is 7.55. The molecule has 0 spiro atoms. The molecule has 6 nitrogen and oxygen atoms in total. The van der Waals surface area contributed by atoms with Crippen LogP contribution in [0, 0.1) is 6.92 Å². The molecule has 0 radical (unpaired) electrons. The van der Waals surface area contributed by atoms with Crippen molar-refractivity contribution in [3.8, 4) is 11.6 Å². The highest BCUT2D eigenvalue weighted by atomic mass is 16.5. The number of hydrogen-bond acceptors (Lipinski definition) is 6. The van der Waals surface area contributed by atoms with Gasteiger partial charge >= 0.3 is 5.97 Å². The van der Waals surface area contributed by atoms with Gasteiger partial charge in [0.2, 0.25) is 5.82 Å². The minimum atomic E-state index is -0.552. The molecule has 0 unspecified atom stereocenters. The van der Waals surface area contributed by atoms with Gasteiger partial charge in [0.25, 0.3) is 0 Å². The van der Waals surface area contributed by atoms with E-state index < -0.39 is 5.97 Å². The van der Waals surface area contributed by atoms with Crippen molar-refractivity contribution in [2.45, 2.75) is 6.92 Å². The summed E-state index contributed by atoms with van der Waals surface area (Å²) in [7, 11) is 1.28. The van der Waals surface area contributed by atoms with Crippen LogP contribution in [0.1, 0.15) is 16.2 Å². The zero-order valence-electron chi connectivity index (χ0n) is 8.80. The first-order valence-corrected chi connectivity index (χ1v) is 4.56. The number of aromatic nitrogens is 3. The van der Waals surface area contributed by atoms with Gasteiger partial charge in [-0.25, -0.2) is 9.78 Å². The predicted octanol–water partition coefficient (Wildman–Crippen LogP) is 1.23. The van der Waals surface area contributed by atoms with E-state index in [4.69, 9.17) is 4.42 Å². The maximum atomic E-state index is 11.2. The van der Waals surface area contributed by atoms with Crippen molar-refractivity contribution in [3.63, 3.8) is 0 Å². The lowest BCUT2D eigenvalue weighted by molar-refractivity contribution is 0.0591. The fraction of sp³-hybridized carbons (Fsp3) is 0.200. The molecule has 0 atom stereocenters. The minimum Gasteiger partial charge on any atom is -0.464 e. The lowest BCUT2D eigenvalue weighted by atomic mass is 10.3. The molecule has 0 bridgehead atoms. The van der Waals surface area contributed by atoms with Gasteiger partial charge in [-0.3, -0.25) is 0 Å². The molecule has 0 fully saturated rings. The highest BCUT2D eigenvalue weighted by molar-refractivity contribution is 5.88. The van der Waals surface area contributed by atoms with Crippen LogP contribution in [0.4, 0.5) is 0 Å². The molecule has 0 aliphatic rings. The van der Waals surface area contributed by atoms with Gasteiger partial charge in [0.05, 0.1) is 19.1 Å². The lowest BCUT2D eigenvalue weighted by Crippen LogP contribution is -2.10. The summed E-state index contributed by atoms with van der Waals surface area (Å²) in [4.78, 5) is 15.4. The summed E-state index contributed by atoms with van der Waals surface area (Å²) < 4.78 is 9.66. The number of furan rings is 1. The smallest absolute Gasteiger partial charge is 0.360 e. The van der Waals surface area contributed by atoms with E-state index in [2.05, 4.69) is 19.9 Å². The van der Waals surface area contributed by atoms with E-state index in [-0.39, 0.29) is 5.69 Å². The first kappa shape index (κ1) is 10.3. The average molecular weight is 219 g/mol. The average Bonchev–Trinajstić information content (AvgIpc) is 2.81. The lowest BCUT2D eigenvalue weighted by Gasteiger charge is -2.01. The summed E-state index contributed by atoms with van der Waals surface area (Å²) >= 11 is 0. The van der Waals surface area contributed by atoms with Crippen molar-refractivity contribution in [1.29, 1.82) is 0 Å². The minimum absolute atomic E-state index is 0.109. The molecule has 0 aliphatic carbocycles. The van der Waals surface area contributed by atoms with Gasteiger partial charge in [-0.1, -0.05) is 0 Å². The molecule has 2 aromatic heterocycles. The normalized spacial score (nSPS) is 10.1. The van der Waals surface area contributed by atoms with Crippen LogP contribution in [0.2, 0.25) is 0 Å². The molecule has 2 rings (SSSR count). The first-order valence-electron chi connectivity index (χ1n) is 4.56. The molecule has 0 saturated carbocycles. The second-order valence-corrected chi connectivity index (χ2v) is 3.04. The van der Waals surface area contributed by atoms with Crippen LogP contribution in [-0.2, 0) is 4.74 Å². The maximum Gasteiger partial charge on any atom is 0.360 e. The second-order valence-electron chi connectivity index (χ2n) is 3.04. The SMILES string of the molecule is COC(=O)c1nnc(-c2ccco2)nc1C. The van der Waals surface area contributed by atoms with Crippen LogP contribution < -0.4 is 0 Å². The van der Waals surface area contributed by atoms with Gasteiger partial charge in [-0.05, 0) is 19.1 Å². The number of carbonyl (C=O) groups excluding carboxylic acids is 1. The Kier molecular flexibility index (Phi) is 2.63. The summed E-state index contributed by atoms with van der Waals surface area (Å²) in [6.07, 6.45) is 1.52. The third kappa shape index (κ3) is 1.77. The van der Waals surface area contributed by atoms with E-state index in [1.807, 2.05) is 0 Å². The molecule has 2 aromatic rings. The van der Waals surface area contributed by atoms with Crippen LogP contribution in [0.15, 0.2) is 22.8 Å². The Bertz CT molecular complexity index is 508. The number of esters is 1.